The standard InChI is InChI=1S/C20H24N2O3/c1-20(2,14-23)13-21-18(24)15-9-11-16(12-10-15)19(25)22(3)17-7-5-4-6-8-17/h4-12,23H,13-14H2,1-3H3,(H,21,24). The van der Waals surface area contributed by atoms with Crippen LogP contribution >= 0.6 is 0 Å². The lowest BCUT2D eigenvalue weighted by Crippen LogP contribution is -2.36. The van der Waals surface area contributed by atoms with E-state index in [9.17, 15) is 14.7 Å². The number of aliphatic hydroxyl groups is 1. The minimum Gasteiger partial charge on any atom is -0.396 e. The molecule has 2 aromatic rings. The zero-order chi connectivity index (χ0) is 18.4. The van der Waals surface area contributed by atoms with Crippen molar-refractivity contribution < 1.29 is 14.7 Å². The highest BCUT2D eigenvalue weighted by molar-refractivity contribution is 6.06. The Hall–Kier alpha value is -2.66. The molecule has 0 aliphatic carbocycles. The van der Waals surface area contributed by atoms with Crippen LogP contribution in [0.2, 0.25) is 0 Å². The van der Waals surface area contributed by atoms with Gasteiger partial charge in [0.1, 0.15) is 0 Å². The average molecular weight is 340 g/mol. The average Bonchev–Trinajstić information content (AvgIpc) is 2.66. The fraction of sp³-hybridized carbons (Fsp3) is 0.300. The Balaban J connectivity index is 2.04. The molecule has 0 bridgehead atoms. The van der Waals surface area contributed by atoms with Crippen molar-refractivity contribution in [1.29, 1.82) is 0 Å². The van der Waals surface area contributed by atoms with Gasteiger partial charge in [-0.1, -0.05) is 32.0 Å². The number of para-hydroxylation sites is 1. The molecule has 0 aliphatic heterocycles. The molecular formula is C20H24N2O3. The molecule has 2 rings (SSSR count). The van der Waals surface area contributed by atoms with Gasteiger partial charge in [0.05, 0.1) is 0 Å². The Labute approximate surface area is 148 Å². The van der Waals surface area contributed by atoms with E-state index in [1.807, 2.05) is 44.2 Å². The van der Waals surface area contributed by atoms with Gasteiger partial charge in [-0.3, -0.25) is 9.59 Å². The van der Waals surface area contributed by atoms with E-state index in [1.165, 1.54) is 0 Å². The van der Waals surface area contributed by atoms with Crippen molar-refractivity contribution >= 4 is 17.5 Å². The van der Waals surface area contributed by atoms with Crippen molar-refractivity contribution in [3.63, 3.8) is 0 Å². The highest BCUT2D eigenvalue weighted by Crippen LogP contribution is 2.16. The van der Waals surface area contributed by atoms with Gasteiger partial charge in [0.25, 0.3) is 11.8 Å². The monoisotopic (exact) mass is 340 g/mol. The summed E-state index contributed by atoms with van der Waals surface area (Å²) in [6.07, 6.45) is 0. The molecular weight excluding hydrogens is 316 g/mol. The van der Waals surface area contributed by atoms with E-state index in [1.54, 1.807) is 36.2 Å². The molecule has 5 nitrogen and oxygen atoms in total. The Kier molecular flexibility index (Phi) is 5.93. The zero-order valence-corrected chi connectivity index (χ0v) is 14.8. The van der Waals surface area contributed by atoms with Crippen LogP contribution in [0.1, 0.15) is 34.6 Å². The lowest BCUT2D eigenvalue weighted by Gasteiger charge is -2.21. The van der Waals surface area contributed by atoms with E-state index >= 15 is 0 Å². The summed E-state index contributed by atoms with van der Waals surface area (Å²) in [6, 6.07) is 15.9. The predicted molar refractivity (Wildman–Crippen MR) is 98.8 cm³/mol. The molecule has 2 N–H and O–H groups in total. The minimum atomic E-state index is -0.371. The summed E-state index contributed by atoms with van der Waals surface area (Å²) >= 11 is 0. The number of carbonyl (C=O) groups is 2. The van der Waals surface area contributed by atoms with Crippen LogP contribution in [-0.4, -0.2) is 37.1 Å². The van der Waals surface area contributed by atoms with Gasteiger partial charge in [-0.05, 0) is 36.4 Å². The fourth-order valence-corrected chi connectivity index (χ4v) is 2.20. The molecule has 0 atom stereocenters. The molecule has 0 spiro atoms. The second-order valence-electron chi connectivity index (χ2n) is 6.78. The van der Waals surface area contributed by atoms with Crippen molar-refractivity contribution in [2.45, 2.75) is 13.8 Å². The van der Waals surface area contributed by atoms with E-state index in [-0.39, 0.29) is 23.8 Å². The smallest absolute Gasteiger partial charge is 0.258 e. The summed E-state index contributed by atoms with van der Waals surface area (Å²) in [7, 11) is 1.72. The van der Waals surface area contributed by atoms with Gasteiger partial charge in [0.15, 0.2) is 0 Å². The first-order chi connectivity index (χ1) is 11.8. The maximum Gasteiger partial charge on any atom is 0.258 e. The molecule has 0 aromatic heterocycles. The van der Waals surface area contributed by atoms with Crippen LogP contribution in [0.4, 0.5) is 5.69 Å². The predicted octanol–water partition coefficient (Wildman–Crippen LogP) is 2.71. The second-order valence-corrected chi connectivity index (χ2v) is 6.78. The topological polar surface area (TPSA) is 69.6 Å². The van der Waals surface area contributed by atoms with Crippen LogP contribution in [0.25, 0.3) is 0 Å². The molecule has 2 aromatic carbocycles. The highest BCUT2D eigenvalue weighted by Gasteiger charge is 2.18. The molecule has 0 heterocycles. The van der Waals surface area contributed by atoms with Crippen LogP contribution in [-0.2, 0) is 0 Å². The summed E-state index contributed by atoms with van der Waals surface area (Å²) in [4.78, 5) is 26.2. The van der Waals surface area contributed by atoms with Crippen molar-refractivity contribution in [3.8, 4) is 0 Å². The fourth-order valence-electron chi connectivity index (χ4n) is 2.20. The Bertz CT molecular complexity index is 724. The molecule has 0 saturated heterocycles. The van der Waals surface area contributed by atoms with Gasteiger partial charge < -0.3 is 15.3 Å². The van der Waals surface area contributed by atoms with Gasteiger partial charge >= 0.3 is 0 Å². The number of amides is 2. The third-order valence-corrected chi connectivity index (χ3v) is 4.00. The number of rotatable bonds is 6. The van der Waals surface area contributed by atoms with E-state index in [4.69, 9.17) is 0 Å². The summed E-state index contributed by atoms with van der Waals surface area (Å²) in [6.45, 7) is 4.11. The summed E-state index contributed by atoms with van der Waals surface area (Å²) in [5.74, 6) is -0.364. The summed E-state index contributed by atoms with van der Waals surface area (Å²) in [5, 5.41) is 12.0. The SMILES string of the molecule is CN(C(=O)c1ccc(C(=O)NCC(C)(C)CO)cc1)c1ccccc1. The number of nitrogens with zero attached hydrogens (tertiary/aromatic N) is 1. The summed E-state index contributed by atoms with van der Waals surface area (Å²) < 4.78 is 0. The number of aliphatic hydroxyl groups excluding tert-OH is 1. The molecule has 0 unspecified atom stereocenters. The molecule has 5 heteroatoms. The molecule has 132 valence electrons. The largest absolute Gasteiger partial charge is 0.396 e. The first-order valence-electron chi connectivity index (χ1n) is 8.16. The second kappa shape index (κ2) is 7.94. The number of nitrogens with one attached hydrogen (secondary N) is 1. The first-order valence-corrected chi connectivity index (χ1v) is 8.16. The molecule has 0 aliphatic rings. The third kappa shape index (κ3) is 4.90. The van der Waals surface area contributed by atoms with Crippen LogP contribution in [0.3, 0.4) is 0 Å². The van der Waals surface area contributed by atoms with Crippen molar-refractivity contribution in [3.05, 3.63) is 65.7 Å². The zero-order valence-electron chi connectivity index (χ0n) is 14.8. The van der Waals surface area contributed by atoms with Crippen molar-refractivity contribution in [2.24, 2.45) is 5.41 Å². The van der Waals surface area contributed by atoms with Crippen LogP contribution < -0.4 is 10.2 Å². The van der Waals surface area contributed by atoms with Crippen molar-refractivity contribution in [1.82, 2.24) is 5.32 Å². The molecule has 0 saturated carbocycles. The number of benzene rings is 2. The normalized spacial score (nSPS) is 11.0. The highest BCUT2D eigenvalue weighted by atomic mass is 16.3. The molecule has 25 heavy (non-hydrogen) atoms. The maximum atomic E-state index is 12.5. The Morgan fingerprint density at radius 2 is 1.56 bits per heavy atom. The molecule has 0 fully saturated rings. The van der Waals surface area contributed by atoms with Gasteiger partial charge in [-0.15, -0.1) is 0 Å². The summed E-state index contributed by atoms with van der Waals surface area (Å²) in [5.41, 5.74) is 1.43. The quantitative estimate of drug-likeness (QED) is 0.849. The first kappa shape index (κ1) is 18.7. The lowest BCUT2D eigenvalue weighted by molar-refractivity contribution is 0.0909. The van der Waals surface area contributed by atoms with Gasteiger partial charge in [-0.2, -0.15) is 0 Å². The van der Waals surface area contributed by atoms with Crippen LogP contribution in [0.5, 0.6) is 0 Å². The Morgan fingerprint density at radius 1 is 1.00 bits per heavy atom. The van der Waals surface area contributed by atoms with Gasteiger partial charge in [-0.25, -0.2) is 0 Å². The number of carbonyl (C=O) groups excluding carboxylic acids is 2. The van der Waals surface area contributed by atoms with E-state index in [0.717, 1.165) is 5.69 Å². The maximum absolute atomic E-state index is 12.5. The number of anilines is 1. The number of hydrogen-bond donors (Lipinski definition) is 2. The molecule has 2 amide bonds. The van der Waals surface area contributed by atoms with Gasteiger partial charge in [0.2, 0.25) is 0 Å². The van der Waals surface area contributed by atoms with Gasteiger partial charge in [0, 0.05) is 42.4 Å². The Morgan fingerprint density at radius 3 is 2.12 bits per heavy atom. The third-order valence-electron chi connectivity index (χ3n) is 4.00. The van der Waals surface area contributed by atoms with E-state index in [0.29, 0.717) is 17.7 Å². The van der Waals surface area contributed by atoms with E-state index < -0.39 is 0 Å². The van der Waals surface area contributed by atoms with Crippen LogP contribution in [0, 0.1) is 5.41 Å². The van der Waals surface area contributed by atoms with Crippen LogP contribution in [0.15, 0.2) is 54.6 Å². The minimum absolute atomic E-state index is 0.00740. The number of hydrogen-bond acceptors (Lipinski definition) is 3. The lowest BCUT2D eigenvalue weighted by atomic mass is 9.95. The van der Waals surface area contributed by atoms with Crippen molar-refractivity contribution in [2.75, 3.05) is 25.1 Å². The van der Waals surface area contributed by atoms with E-state index in [2.05, 4.69) is 5.32 Å². The molecule has 0 radical (unpaired) electrons.